The molecule has 2 N–H and O–H groups in total. The van der Waals surface area contributed by atoms with E-state index in [2.05, 4.69) is 26.2 Å². The summed E-state index contributed by atoms with van der Waals surface area (Å²) in [6.07, 6.45) is 0.606. The van der Waals surface area contributed by atoms with E-state index >= 15 is 0 Å². The molecule has 1 aromatic heterocycles. The molecule has 0 saturated carbocycles. The normalized spacial score (nSPS) is 10.8. The van der Waals surface area contributed by atoms with Crippen LogP contribution in [0.4, 0.5) is 0 Å². The monoisotopic (exact) mass is 311 g/mol. The van der Waals surface area contributed by atoms with Crippen LogP contribution in [0.5, 0.6) is 0 Å². The van der Waals surface area contributed by atoms with Crippen LogP contribution in [-0.4, -0.2) is 31.8 Å². The Morgan fingerprint density at radius 2 is 2.11 bits per heavy atom. The summed E-state index contributed by atoms with van der Waals surface area (Å²) in [6.45, 7) is 0.526. The zero-order valence-electron chi connectivity index (χ0n) is 9.75. The van der Waals surface area contributed by atoms with Gasteiger partial charge in [-0.25, -0.2) is 4.68 Å². The lowest BCUT2D eigenvalue weighted by atomic mass is 10.1. The number of aliphatic hydroxyl groups is 2. The van der Waals surface area contributed by atoms with Gasteiger partial charge in [0, 0.05) is 23.2 Å². The molecule has 0 aliphatic rings. The molecule has 5 nitrogen and oxygen atoms in total. The zero-order valence-corrected chi connectivity index (χ0v) is 11.3. The number of hydrogen-bond donors (Lipinski definition) is 2. The second-order valence-corrected chi connectivity index (χ2v) is 4.77. The maximum Gasteiger partial charge on any atom is 0.116 e. The van der Waals surface area contributed by atoms with E-state index < -0.39 is 0 Å². The van der Waals surface area contributed by atoms with Crippen LogP contribution in [-0.2, 0) is 13.2 Å². The molecule has 96 valence electrons. The fraction of sp³-hybridized carbons (Fsp3) is 0.333. The highest BCUT2D eigenvalue weighted by atomic mass is 79.9. The Morgan fingerprint density at radius 3 is 2.78 bits per heavy atom. The number of hydrogen-bond acceptors (Lipinski definition) is 4. The second kappa shape index (κ2) is 6.08. The summed E-state index contributed by atoms with van der Waals surface area (Å²) in [6, 6.07) is 7.75. The Morgan fingerprint density at radius 1 is 1.28 bits per heavy atom. The minimum atomic E-state index is -0.152. The molecule has 0 unspecified atom stereocenters. The second-order valence-electron chi connectivity index (χ2n) is 3.85. The first-order chi connectivity index (χ1) is 8.76. The van der Waals surface area contributed by atoms with Crippen molar-refractivity contribution in [2.75, 3.05) is 6.61 Å². The highest BCUT2D eigenvalue weighted by Gasteiger charge is 2.14. The topological polar surface area (TPSA) is 71.2 Å². The largest absolute Gasteiger partial charge is 0.396 e. The van der Waals surface area contributed by atoms with E-state index in [9.17, 15) is 5.11 Å². The van der Waals surface area contributed by atoms with E-state index in [1.165, 1.54) is 0 Å². The lowest BCUT2D eigenvalue weighted by molar-refractivity contribution is 0.276. The van der Waals surface area contributed by atoms with Crippen LogP contribution in [0.3, 0.4) is 0 Å². The summed E-state index contributed by atoms with van der Waals surface area (Å²) in [5.74, 6) is 0. The fourth-order valence-electron chi connectivity index (χ4n) is 1.78. The van der Waals surface area contributed by atoms with Crippen molar-refractivity contribution in [1.82, 2.24) is 15.0 Å². The Kier molecular flexibility index (Phi) is 4.46. The summed E-state index contributed by atoms with van der Waals surface area (Å²) in [5.41, 5.74) is 2.29. The van der Waals surface area contributed by atoms with E-state index in [0.717, 1.165) is 15.7 Å². The number of benzene rings is 1. The summed E-state index contributed by atoms with van der Waals surface area (Å²) in [5, 5.41) is 26.2. The Hall–Kier alpha value is -1.24. The van der Waals surface area contributed by atoms with Gasteiger partial charge in [-0.2, -0.15) is 0 Å². The molecular formula is C12H14BrN3O2. The molecule has 1 aromatic carbocycles. The predicted octanol–water partition coefficient (Wildman–Crippen LogP) is 1.58. The van der Waals surface area contributed by atoms with Gasteiger partial charge in [-0.3, -0.25) is 0 Å². The van der Waals surface area contributed by atoms with Crippen LogP contribution < -0.4 is 0 Å². The van der Waals surface area contributed by atoms with Crippen LogP contribution in [0.15, 0.2) is 28.7 Å². The van der Waals surface area contributed by atoms with Gasteiger partial charge in [-0.15, -0.1) is 5.10 Å². The average Bonchev–Trinajstić information content (AvgIpc) is 2.79. The van der Waals surface area contributed by atoms with Crippen molar-refractivity contribution in [2.24, 2.45) is 0 Å². The Bertz CT molecular complexity index is 528. The third-order valence-electron chi connectivity index (χ3n) is 2.58. The summed E-state index contributed by atoms with van der Waals surface area (Å²) < 4.78 is 2.67. The van der Waals surface area contributed by atoms with Crippen molar-refractivity contribution in [2.45, 2.75) is 19.6 Å². The van der Waals surface area contributed by atoms with Crippen molar-refractivity contribution >= 4 is 15.9 Å². The van der Waals surface area contributed by atoms with E-state index in [4.69, 9.17) is 5.11 Å². The van der Waals surface area contributed by atoms with Crippen molar-refractivity contribution in [3.05, 3.63) is 34.4 Å². The molecule has 18 heavy (non-hydrogen) atoms. The molecule has 0 amide bonds. The molecule has 0 aliphatic carbocycles. The summed E-state index contributed by atoms with van der Waals surface area (Å²) in [7, 11) is 0. The van der Waals surface area contributed by atoms with Gasteiger partial charge in [0.2, 0.25) is 0 Å². The van der Waals surface area contributed by atoms with Gasteiger partial charge < -0.3 is 10.2 Å². The van der Waals surface area contributed by atoms with Crippen LogP contribution in [0.1, 0.15) is 12.1 Å². The van der Waals surface area contributed by atoms with Crippen molar-refractivity contribution < 1.29 is 10.2 Å². The summed E-state index contributed by atoms with van der Waals surface area (Å²) >= 11 is 3.42. The molecule has 0 spiro atoms. The van der Waals surface area contributed by atoms with E-state index in [-0.39, 0.29) is 13.2 Å². The minimum Gasteiger partial charge on any atom is -0.396 e. The van der Waals surface area contributed by atoms with Gasteiger partial charge in [0.05, 0.1) is 12.3 Å². The molecule has 0 aliphatic heterocycles. The number of rotatable bonds is 5. The average molecular weight is 312 g/mol. The first-order valence-corrected chi connectivity index (χ1v) is 6.45. The molecule has 0 saturated heterocycles. The molecule has 0 bridgehead atoms. The Labute approximate surface area is 113 Å². The zero-order chi connectivity index (χ0) is 13.0. The number of aliphatic hydroxyl groups excluding tert-OH is 2. The van der Waals surface area contributed by atoms with E-state index in [1.807, 2.05) is 24.3 Å². The first-order valence-electron chi connectivity index (χ1n) is 5.66. The minimum absolute atomic E-state index is 0.103. The molecule has 0 radical (unpaired) electrons. The smallest absolute Gasteiger partial charge is 0.116 e. The molecule has 6 heteroatoms. The lowest BCUT2D eigenvalue weighted by Gasteiger charge is -2.07. The van der Waals surface area contributed by atoms with Crippen LogP contribution in [0, 0.1) is 0 Å². The predicted molar refractivity (Wildman–Crippen MR) is 70.8 cm³/mol. The van der Waals surface area contributed by atoms with E-state index in [0.29, 0.717) is 18.7 Å². The van der Waals surface area contributed by atoms with Gasteiger partial charge in [-0.05, 0) is 18.6 Å². The molecule has 1 heterocycles. The highest BCUT2D eigenvalue weighted by Crippen LogP contribution is 2.25. The quantitative estimate of drug-likeness (QED) is 0.879. The lowest BCUT2D eigenvalue weighted by Crippen LogP contribution is -2.05. The molecule has 0 atom stereocenters. The van der Waals surface area contributed by atoms with Gasteiger partial charge >= 0.3 is 0 Å². The maximum atomic E-state index is 9.31. The maximum absolute atomic E-state index is 9.31. The van der Waals surface area contributed by atoms with Gasteiger partial charge in [-0.1, -0.05) is 33.3 Å². The van der Waals surface area contributed by atoms with Crippen LogP contribution >= 0.6 is 15.9 Å². The van der Waals surface area contributed by atoms with E-state index in [1.54, 1.807) is 4.68 Å². The van der Waals surface area contributed by atoms with Crippen LogP contribution in [0.2, 0.25) is 0 Å². The molecular weight excluding hydrogens is 298 g/mol. The number of nitrogens with zero attached hydrogens (tertiary/aromatic N) is 3. The summed E-state index contributed by atoms with van der Waals surface area (Å²) in [4.78, 5) is 0. The SMILES string of the molecule is OCCCn1nnc(CO)c1-c1cccc(Br)c1. The molecule has 0 fully saturated rings. The van der Waals surface area contributed by atoms with Crippen molar-refractivity contribution in [1.29, 1.82) is 0 Å². The van der Waals surface area contributed by atoms with Crippen molar-refractivity contribution in [3.8, 4) is 11.3 Å². The first kappa shape index (κ1) is 13.2. The van der Waals surface area contributed by atoms with Gasteiger partial charge in [0.25, 0.3) is 0 Å². The fourth-order valence-corrected chi connectivity index (χ4v) is 2.18. The van der Waals surface area contributed by atoms with Crippen LogP contribution in [0.25, 0.3) is 11.3 Å². The van der Waals surface area contributed by atoms with Crippen molar-refractivity contribution in [3.63, 3.8) is 0 Å². The third kappa shape index (κ3) is 2.77. The highest BCUT2D eigenvalue weighted by molar-refractivity contribution is 9.10. The molecule has 2 aromatic rings. The number of aryl methyl sites for hydroxylation is 1. The number of halogens is 1. The standard InChI is InChI=1S/C12H14BrN3O2/c13-10-4-1-3-9(7-10)12-11(8-18)14-15-16(12)5-2-6-17/h1,3-4,7,17-18H,2,5-6,8H2. The van der Waals surface area contributed by atoms with Gasteiger partial charge in [0.1, 0.15) is 5.69 Å². The van der Waals surface area contributed by atoms with Gasteiger partial charge in [0.15, 0.2) is 0 Å². The third-order valence-corrected chi connectivity index (χ3v) is 3.07. The molecule has 2 rings (SSSR count). The Balaban J connectivity index is 2.43. The number of aromatic nitrogens is 3.